The summed E-state index contributed by atoms with van der Waals surface area (Å²) in [6.07, 6.45) is 3.60. The number of nitrogens with zero attached hydrogens (tertiary/aromatic N) is 1. The van der Waals surface area contributed by atoms with Crippen molar-refractivity contribution in [1.29, 1.82) is 0 Å². The van der Waals surface area contributed by atoms with Gasteiger partial charge in [-0.05, 0) is 52.6 Å². The number of aliphatic hydroxyl groups is 1. The molecule has 2 amide bonds. The van der Waals surface area contributed by atoms with Gasteiger partial charge in [0.15, 0.2) is 6.23 Å². The summed E-state index contributed by atoms with van der Waals surface area (Å²) in [4.78, 5) is 24.1. The molecule has 0 spiro atoms. The lowest BCUT2D eigenvalue weighted by atomic mass is 10.0. The fourth-order valence-corrected chi connectivity index (χ4v) is 4.81. The number of aliphatic hydroxyl groups excluding tert-OH is 1. The number of hydrogen-bond acceptors (Lipinski definition) is 6. The first-order valence-electron chi connectivity index (χ1n) is 13.3. The summed E-state index contributed by atoms with van der Waals surface area (Å²) in [6.45, 7) is 3.05. The smallest absolute Gasteiger partial charge is 0.256 e. The van der Waals surface area contributed by atoms with Crippen LogP contribution in [0.25, 0.3) is 11.1 Å². The number of benzene rings is 3. The lowest BCUT2D eigenvalue weighted by Gasteiger charge is -2.29. The topological polar surface area (TPSA) is 99.1 Å². The summed E-state index contributed by atoms with van der Waals surface area (Å²) in [6, 6.07) is 26.7. The molecule has 4 rings (SSSR count). The Labute approximate surface area is 239 Å². The third kappa shape index (κ3) is 9.05. The zero-order valence-corrected chi connectivity index (χ0v) is 23.4. The number of ether oxygens (including phenoxy) is 1. The maximum atomic E-state index is 13.7. The molecule has 1 aromatic heterocycles. The second-order valence-electron chi connectivity index (χ2n) is 9.07. The lowest BCUT2D eigenvalue weighted by Crippen LogP contribution is -2.34. The van der Waals surface area contributed by atoms with Crippen LogP contribution in [0.4, 0.5) is 0 Å². The van der Waals surface area contributed by atoms with Crippen molar-refractivity contribution >= 4 is 23.7 Å². The molecule has 0 saturated carbocycles. The quantitative estimate of drug-likeness (QED) is 0.0547. The maximum Gasteiger partial charge on any atom is 0.256 e. The zero-order valence-electron chi connectivity index (χ0n) is 22.6. The Morgan fingerprint density at radius 3 is 2.30 bits per heavy atom. The first-order chi connectivity index (χ1) is 19.6. The molecule has 40 heavy (non-hydrogen) atoms. The van der Waals surface area contributed by atoms with Crippen LogP contribution in [0.1, 0.15) is 60.3 Å². The predicted molar refractivity (Wildman–Crippen MR) is 158 cm³/mol. The summed E-state index contributed by atoms with van der Waals surface area (Å²) < 4.78 is 6.09. The number of para-hydroxylation sites is 1. The molecule has 7 nitrogen and oxygen atoms in total. The standard InChI is InChI=1S/C31H33NO3S.CH3NO2/c1-2-3-4-10-20-35-29-14-9-8-13-27(29)22-32(30(33)25-11-6-5-7-12-25)31(34)26-17-15-24(16-18-26)28-19-21-36-23-28;3-1-2-4/h5-9,11-19,21,23,30,33H,2-4,10,20,22H2,1H3;1,4H,(H,2,3). The number of rotatable bonds is 13. The number of unbranched alkanes of at least 4 members (excludes halogenated alkanes) is 3. The molecular weight excluding hydrogens is 524 g/mol. The van der Waals surface area contributed by atoms with E-state index in [-0.39, 0.29) is 18.9 Å². The van der Waals surface area contributed by atoms with Gasteiger partial charge in [0.2, 0.25) is 6.41 Å². The van der Waals surface area contributed by atoms with Gasteiger partial charge in [-0.2, -0.15) is 11.3 Å². The van der Waals surface area contributed by atoms with E-state index < -0.39 is 6.23 Å². The third-order valence-corrected chi connectivity index (χ3v) is 6.94. The van der Waals surface area contributed by atoms with Gasteiger partial charge in [-0.25, -0.2) is 5.48 Å². The zero-order chi connectivity index (χ0) is 28.6. The second kappa shape index (κ2) is 16.9. The highest BCUT2D eigenvalue weighted by atomic mass is 32.1. The molecule has 1 unspecified atom stereocenters. The first kappa shape index (κ1) is 30.6. The van der Waals surface area contributed by atoms with E-state index in [9.17, 15) is 9.90 Å². The van der Waals surface area contributed by atoms with E-state index in [1.807, 2.05) is 84.2 Å². The minimum atomic E-state index is -1.09. The van der Waals surface area contributed by atoms with Crippen molar-refractivity contribution in [3.05, 3.63) is 112 Å². The van der Waals surface area contributed by atoms with E-state index in [4.69, 9.17) is 14.7 Å². The molecule has 0 radical (unpaired) electrons. The van der Waals surface area contributed by atoms with Crippen molar-refractivity contribution in [1.82, 2.24) is 10.4 Å². The summed E-state index contributed by atoms with van der Waals surface area (Å²) >= 11 is 1.64. The molecule has 0 saturated heterocycles. The summed E-state index contributed by atoms with van der Waals surface area (Å²) in [5, 5.41) is 22.7. The van der Waals surface area contributed by atoms with Crippen LogP contribution in [0.2, 0.25) is 0 Å². The van der Waals surface area contributed by atoms with Crippen molar-refractivity contribution in [3.63, 3.8) is 0 Å². The number of carbonyl (C=O) groups excluding carboxylic acids is 2. The van der Waals surface area contributed by atoms with Crippen molar-refractivity contribution in [3.8, 4) is 16.9 Å². The predicted octanol–water partition coefficient (Wildman–Crippen LogP) is 6.83. The fraction of sp³-hybridized carbons (Fsp3) is 0.250. The van der Waals surface area contributed by atoms with Crippen molar-refractivity contribution in [2.45, 2.75) is 45.4 Å². The van der Waals surface area contributed by atoms with Crippen LogP contribution in [0.15, 0.2) is 95.7 Å². The SMILES string of the molecule is CCCCCCOc1ccccc1CN(C(=O)c1ccc(-c2ccsc2)cc1)C(O)c1ccccc1.O=CNO. The molecule has 3 N–H and O–H groups in total. The van der Waals surface area contributed by atoms with Gasteiger partial charge in [-0.1, -0.05) is 86.8 Å². The van der Waals surface area contributed by atoms with E-state index in [1.54, 1.807) is 11.3 Å². The van der Waals surface area contributed by atoms with Gasteiger partial charge in [0.25, 0.3) is 5.91 Å². The number of thiophene rings is 1. The Morgan fingerprint density at radius 1 is 0.950 bits per heavy atom. The number of carbonyl (C=O) groups is 2. The van der Waals surface area contributed by atoms with E-state index in [2.05, 4.69) is 18.4 Å². The monoisotopic (exact) mass is 560 g/mol. The maximum absolute atomic E-state index is 13.7. The van der Waals surface area contributed by atoms with E-state index in [0.29, 0.717) is 17.7 Å². The van der Waals surface area contributed by atoms with Crippen LogP contribution < -0.4 is 10.2 Å². The fourth-order valence-electron chi connectivity index (χ4n) is 4.14. The molecule has 1 heterocycles. The Morgan fingerprint density at radius 2 is 1.65 bits per heavy atom. The van der Waals surface area contributed by atoms with E-state index in [0.717, 1.165) is 35.3 Å². The van der Waals surface area contributed by atoms with Gasteiger partial charge < -0.3 is 14.7 Å². The first-order valence-corrected chi connectivity index (χ1v) is 14.2. The molecular formula is C32H36N2O5S. The van der Waals surface area contributed by atoms with Gasteiger partial charge in [0.1, 0.15) is 5.75 Å². The Kier molecular flexibility index (Phi) is 12.9. The average molecular weight is 561 g/mol. The van der Waals surface area contributed by atoms with Crippen LogP contribution in [0.3, 0.4) is 0 Å². The molecule has 3 aromatic carbocycles. The Hall–Kier alpha value is -3.98. The van der Waals surface area contributed by atoms with Gasteiger partial charge >= 0.3 is 0 Å². The van der Waals surface area contributed by atoms with Gasteiger partial charge in [-0.15, -0.1) is 0 Å². The normalized spacial score (nSPS) is 11.1. The molecule has 4 aromatic rings. The Bertz CT molecular complexity index is 1280. The number of hydroxylamine groups is 1. The molecule has 0 bridgehead atoms. The number of amides is 2. The van der Waals surface area contributed by atoms with E-state index in [1.165, 1.54) is 23.2 Å². The van der Waals surface area contributed by atoms with Crippen LogP contribution in [-0.4, -0.2) is 34.1 Å². The van der Waals surface area contributed by atoms with Gasteiger partial charge in [0, 0.05) is 16.7 Å². The Balaban J connectivity index is 0.00000103. The van der Waals surface area contributed by atoms with Crippen LogP contribution >= 0.6 is 11.3 Å². The van der Waals surface area contributed by atoms with Crippen LogP contribution in [0.5, 0.6) is 5.75 Å². The molecule has 8 heteroatoms. The molecule has 0 aliphatic rings. The largest absolute Gasteiger partial charge is 0.493 e. The van der Waals surface area contributed by atoms with Crippen molar-refractivity contribution in [2.75, 3.05) is 6.61 Å². The van der Waals surface area contributed by atoms with Gasteiger partial charge in [0.05, 0.1) is 13.2 Å². The molecule has 210 valence electrons. The summed E-state index contributed by atoms with van der Waals surface area (Å²) in [7, 11) is 0. The molecule has 0 fully saturated rings. The lowest BCUT2D eigenvalue weighted by molar-refractivity contribution is -0.116. The molecule has 0 aliphatic carbocycles. The molecule has 0 aliphatic heterocycles. The minimum Gasteiger partial charge on any atom is -0.493 e. The number of nitrogens with one attached hydrogen (secondary N) is 1. The highest BCUT2D eigenvalue weighted by Gasteiger charge is 2.26. The van der Waals surface area contributed by atoms with Crippen LogP contribution in [-0.2, 0) is 11.3 Å². The number of hydrogen-bond donors (Lipinski definition) is 3. The molecule has 1 atom stereocenters. The van der Waals surface area contributed by atoms with Crippen molar-refractivity contribution < 1.29 is 24.6 Å². The highest BCUT2D eigenvalue weighted by molar-refractivity contribution is 7.08. The summed E-state index contributed by atoms with van der Waals surface area (Å²) in [5.41, 5.74) is 5.50. The third-order valence-electron chi connectivity index (χ3n) is 6.26. The van der Waals surface area contributed by atoms with Gasteiger partial charge in [-0.3, -0.25) is 14.8 Å². The van der Waals surface area contributed by atoms with E-state index >= 15 is 0 Å². The van der Waals surface area contributed by atoms with Crippen LogP contribution in [0, 0.1) is 0 Å². The summed E-state index contributed by atoms with van der Waals surface area (Å²) in [5.74, 6) is 0.515. The van der Waals surface area contributed by atoms with Crippen molar-refractivity contribution in [2.24, 2.45) is 0 Å². The average Bonchev–Trinajstić information content (AvgIpc) is 3.56. The second-order valence-corrected chi connectivity index (χ2v) is 9.85. The highest BCUT2D eigenvalue weighted by Crippen LogP contribution is 2.28. The minimum absolute atomic E-state index is 0.181.